The van der Waals surface area contributed by atoms with Gasteiger partial charge in [-0.2, -0.15) is 0 Å². The molecule has 0 aromatic heterocycles. The summed E-state index contributed by atoms with van der Waals surface area (Å²) < 4.78 is 17.4. The summed E-state index contributed by atoms with van der Waals surface area (Å²) in [6, 6.07) is 16.7. The molecule has 0 radical (unpaired) electrons. The molecule has 174 valence electrons. The first-order chi connectivity index (χ1) is 15.7. The molecule has 2 aromatic carbocycles. The number of nitrogens with one attached hydrogen (secondary N) is 2. The highest BCUT2D eigenvalue weighted by Crippen LogP contribution is 2.33. The molecule has 3 rings (SSSR count). The second kappa shape index (κ2) is 13.1. The maximum absolute atomic E-state index is 6.03. The molecule has 0 amide bonds. The van der Waals surface area contributed by atoms with Gasteiger partial charge in [0.25, 0.3) is 0 Å². The molecule has 0 aliphatic carbocycles. The van der Waals surface area contributed by atoms with Crippen LogP contribution in [-0.2, 0) is 16.0 Å². The lowest BCUT2D eigenvalue weighted by Gasteiger charge is -2.21. The van der Waals surface area contributed by atoms with Crippen molar-refractivity contribution in [2.45, 2.75) is 39.8 Å². The van der Waals surface area contributed by atoms with Crippen LogP contribution in [0.3, 0.4) is 0 Å². The first-order valence-corrected chi connectivity index (χ1v) is 11.7. The zero-order valence-corrected chi connectivity index (χ0v) is 19.6. The summed E-state index contributed by atoms with van der Waals surface area (Å²) in [6.07, 6.45) is 1.18. The zero-order valence-electron chi connectivity index (χ0n) is 19.6. The molecule has 6 heteroatoms. The van der Waals surface area contributed by atoms with E-state index in [0.717, 1.165) is 43.4 Å². The van der Waals surface area contributed by atoms with E-state index in [2.05, 4.69) is 66.9 Å². The van der Waals surface area contributed by atoms with Crippen LogP contribution in [0.4, 0.5) is 0 Å². The lowest BCUT2D eigenvalue weighted by Crippen LogP contribution is -2.40. The molecule has 2 N–H and O–H groups in total. The Balaban J connectivity index is 1.61. The predicted molar refractivity (Wildman–Crippen MR) is 129 cm³/mol. The Morgan fingerprint density at radius 2 is 1.94 bits per heavy atom. The zero-order chi connectivity index (χ0) is 22.6. The number of hydrogen-bond acceptors (Lipinski definition) is 4. The smallest absolute Gasteiger partial charge is 0.191 e. The Morgan fingerprint density at radius 1 is 1.09 bits per heavy atom. The van der Waals surface area contributed by atoms with E-state index in [1.54, 1.807) is 0 Å². The molecule has 6 nitrogen and oxygen atoms in total. The maximum atomic E-state index is 6.03. The highest BCUT2D eigenvalue weighted by atomic mass is 16.5. The topological polar surface area (TPSA) is 64.1 Å². The average Bonchev–Trinajstić information content (AvgIpc) is 3.29. The second-order valence-electron chi connectivity index (χ2n) is 7.98. The molecule has 2 unspecified atom stereocenters. The van der Waals surface area contributed by atoms with Crippen LogP contribution in [-0.4, -0.2) is 45.5 Å². The predicted octanol–water partition coefficient (Wildman–Crippen LogP) is 4.24. The Morgan fingerprint density at radius 3 is 2.72 bits per heavy atom. The third-order valence-electron chi connectivity index (χ3n) is 5.54. The number of hydrogen-bond donors (Lipinski definition) is 2. The van der Waals surface area contributed by atoms with Gasteiger partial charge in [-0.05, 0) is 44.4 Å². The van der Waals surface area contributed by atoms with Crippen LogP contribution in [0, 0.1) is 12.8 Å². The highest BCUT2D eigenvalue weighted by molar-refractivity contribution is 5.79. The van der Waals surface area contributed by atoms with Gasteiger partial charge in [0.05, 0.1) is 19.3 Å². The van der Waals surface area contributed by atoms with Gasteiger partial charge in [-0.3, -0.25) is 0 Å². The molecule has 32 heavy (non-hydrogen) atoms. The van der Waals surface area contributed by atoms with Gasteiger partial charge in [-0.25, -0.2) is 4.99 Å². The van der Waals surface area contributed by atoms with E-state index >= 15 is 0 Å². The van der Waals surface area contributed by atoms with E-state index in [1.807, 2.05) is 13.0 Å². The minimum absolute atomic E-state index is 0.133. The molecule has 2 atom stereocenters. The Kier molecular flexibility index (Phi) is 9.85. The minimum Gasteiger partial charge on any atom is -0.491 e. The number of aryl methyl sites for hydroxylation is 1. The number of benzene rings is 2. The number of ether oxygens (including phenoxy) is 3. The lowest BCUT2D eigenvalue weighted by molar-refractivity contribution is 0.0915. The highest BCUT2D eigenvalue weighted by Gasteiger charge is 2.29. The van der Waals surface area contributed by atoms with Crippen LogP contribution in [0.15, 0.2) is 53.5 Å². The summed E-state index contributed by atoms with van der Waals surface area (Å²) in [5, 5.41) is 6.88. The molecule has 2 aromatic rings. The molecular formula is C26H37N3O3. The van der Waals surface area contributed by atoms with E-state index in [9.17, 15) is 0 Å². The minimum atomic E-state index is 0.133. The molecule has 1 heterocycles. The van der Waals surface area contributed by atoms with Crippen LogP contribution in [0.1, 0.15) is 43.1 Å². The van der Waals surface area contributed by atoms with Crippen molar-refractivity contribution in [2.24, 2.45) is 10.9 Å². The lowest BCUT2D eigenvalue weighted by atomic mass is 9.95. The summed E-state index contributed by atoms with van der Waals surface area (Å²) in [5.74, 6) is 2.10. The van der Waals surface area contributed by atoms with E-state index in [-0.39, 0.29) is 6.10 Å². The quantitative estimate of drug-likeness (QED) is 0.311. The number of nitrogens with zero attached hydrogens (tertiary/aromatic N) is 1. The first kappa shape index (κ1) is 24.1. The fraction of sp³-hybridized carbons (Fsp3) is 0.500. The fourth-order valence-corrected chi connectivity index (χ4v) is 3.87. The average molecular weight is 440 g/mol. The SMILES string of the molecule is CCNC(=NCc1ccc(C)cc1OCCOCC)NCC1CCOC1c1ccccc1. The summed E-state index contributed by atoms with van der Waals surface area (Å²) in [4.78, 5) is 4.82. The van der Waals surface area contributed by atoms with Crippen molar-refractivity contribution in [3.05, 3.63) is 65.2 Å². The van der Waals surface area contributed by atoms with Crippen molar-refractivity contribution in [3.63, 3.8) is 0 Å². The first-order valence-electron chi connectivity index (χ1n) is 11.7. The molecule has 1 aliphatic rings. The summed E-state index contributed by atoms with van der Waals surface area (Å²) in [7, 11) is 0. The molecule has 1 saturated heterocycles. The Bertz CT molecular complexity index is 841. The summed E-state index contributed by atoms with van der Waals surface area (Å²) >= 11 is 0. The fourth-order valence-electron chi connectivity index (χ4n) is 3.87. The second-order valence-corrected chi connectivity index (χ2v) is 7.98. The third-order valence-corrected chi connectivity index (χ3v) is 5.54. The molecule has 0 spiro atoms. The van der Waals surface area contributed by atoms with E-state index in [1.165, 1.54) is 11.1 Å². The van der Waals surface area contributed by atoms with Crippen molar-refractivity contribution in [1.82, 2.24) is 10.6 Å². The standard InChI is InChI=1S/C26H37N3O3/c1-4-27-26(29-19-23-13-14-32-25(23)21-9-7-6-8-10-21)28-18-22-12-11-20(3)17-24(22)31-16-15-30-5-2/h6-12,17,23,25H,4-5,13-16,18-19H2,1-3H3,(H2,27,28,29). The number of rotatable bonds is 11. The van der Waals surface area contributed by atoms with Crippen molar-refractivity contribution in [2.75, 3.05) is 39.5 Å². The van der Waals surface area contributed by atoms with E-state index < -0.39 is 0 Å². The summed E-state index contributed by atoms with van der Waals surface area (Å²) in [5.41, 5.74) is 3.48. The molecular weight excluding hydrogens is 402 g/mol. The number of guanidine groups is 1. The van der Waals surface area contributed by atoms with Crippen molar-refractivity contribution >= 4 is 5.96 Å². The monoisotopic (exact) mass is 439 g/mol. The van der Waals surface area contributed by atoms with E-state index in [0.29, 0.717) is 32.3 Å². The van der Waals surface area contributed by atoms with Gasteiger partial charge in [0.15, 0.2) is 5.96 Å². The number of aliphatic imine (C=N–C) groups is 1. The van der Waals surface area contributed by atoms with Gasteiger partial charge in [-0.1, -0.05) is 42.5 Å². The van der Waals surface area contributed by atoms with Gasteiger partial charge < -0.3 is 24.8 Å². The van der Waals surface area contributed by atoms with Crippen LogP contribution in [0.5, 0.6) is 5.75 Å². The maximum Gasteiger partial charge on any atom is 0.191 e. The normalized spacial score (nSPS) is 18.5. The van der Waals surface area contributed by atoms with Crippen LogP contribution in [0.2, 0.25) is 0 Å². The van der Waals surface area contributed by atoms with Crippen molar-refractivity contribution in [3.8, 4) is 5.75 Å². The molecule has 1 aliphatic heterocycles. The van der Waals surface area contributed by atoms with E-state index in [4.69, 9.17) is 19.2 Å². The largest absolute Gasteiger partial charge is 0.491 e. The Hall–Kier alpha value is -2.57. The summed E-state index contributed by atoms with van der Waals surface area (Å²) in [6.45, 7) is 10.9. The van der Waals surface area contributed by atoms with Gasteiger partial charge in [-0.15, -0.1) is 0 Å². The van der Waals surface area contributed by atoms with Crippen molar-refractivity contribution in [1.29, 1.82) is 0 Å². The molecule has 0 saturated carbocycles. The van der Waals surface area contributed by atoms with Crippen LogP contribution >= 0.6 is 0 Å². The van der Waals surface area contributed by atoms with Gasteiger partial charge in [0.1, 0.15) is 12.4 Å². The molecule has 1 fully saturated rings. The van der Waals surface area contributed by atoms with Crippen molar-refractivity contribution < 1.29 is 14.2 Å². The van der Waals surface area contributed by atoms with Gasteiger partial charge in [0.2, 0.25) is 0 Å². The van der Waals surface area contributed by atoms with Crippen LogP contribution in [0.25, 0.3) is 0 Å². The Labute approximate surface area is 192 Å². The van der Waals surface area contributed by atoms with Gasteiger partial charge in [0, 0.05) is 37.8 Å². The molecule has 0 bridgehead atoms. The van der Waals surface area contributed by atoms with Crippen LogP contribution < -0.4 is 15.4 Å². The third kappa shape index (κ3) is 7.24. The van der Waals surface area contributed by atoms with Gasteiger partial charge >= 0.3 is 0 Å².